The molecule has 0 aromatic carbocycles. The zero-order valence-corrected chi connectivity index (χ0v) is 12.7. The van der Waals surface area contributed by atoms with E-state index in [4.69, 9.17) is 0 Å². The summed E-state index contributed by atoms with van der Waals surface area (Å²) in [6.07, 6.45) is 5.55. The van der Waals surface area contributed by atoms with E-state index in [0.717, 1.165) is 25.8 Å². The van der Waals surface area contributed by atoms with Crippen LogP contribution in [0.2, 0.25) is 0 Å². The number of carbonyl (C=O) groups excluding carboxylic acids is 1. The minimum Gasteiger partial charge on any atom is -0.322 e. The van der Waals surface area contributed by atoms with Crippen molar-refractivity contribution in [1.29, 1.82) is 0 Å². The van der Waals surface area contributed by atoms with Gasteiger partial charge in [0.1, 0.15) is 6.17 Å². The molecular formula is C15H24N2OS. The van der Waals surface area contributed by atoms with Crippen molar-refractivity contribution < 1.29 is 4.79 Å². The van der Waals surface area contributed by atoms with Crippen molar-refractivity contribution in [3.63, 3.8) is 0 Å². The Bertz CT molecular complexity index is 391. The fourth-order valence-electron chi connectivity index (χ4n) is 2.65. The van der Waals surface area contributed by atoms with Crippen LogP contribution in [0, 0.1) is 0 Å². The smallest absolute Gasteiger partial charge is 0.241 e. The second-order valence-corrected chi connectivity index (χ2v) is 5.99. The van der Waals surface area contributed by atoms with Crippen molar-refractivity contribution in [3.8, 4) is 0 Å². The summed E-state index contributed by atoms with van der Waals surface area (Å²) in [5.41, 5.74) is 1.23. The van der Waals surface area contributed by atoms with Crippen molar-refractivity contribution in [2.24, 2.45) is 0 Å². The summed E-state index contributed by atoms with van der Waals surface area (Å²) < 4.78 is 0. The van der Waals surface area contributed by atoms with Crippen LogP contribution in [0.1, 0.15) is 57.7 Å². The maximum atomic E-state index is 12.5. The zero-order chi connectivity index (χ0) is 13.7. The highest BCUT2D eigenvalue weighted by Crippen LogP contribution is 2.28. The Hall–Kier alpha value is -0.870. The number of hydrogen-bond acceptors (Lipinski definition) is 3. The molecule has 0 aliphatic carbocycles. The van der Waals surface area contributed by atoms with Gasteiger partial charge < -0.3 is 4.90 Å². The van der Waals surface area contributed by atoms with E-state index in [1.54, 1.807) is 11.3 Å². The van der Waals surface area contributed by atoms with Crippen LogP contribution in [0.25, 0.3) is 0 Å². The van der Waals surface area contributed by atoms with Crippen molar-refractivity contribution in [1.82, 2.24) is 10.2 Å². The van der Waals surface area contributed by atoms with Crippen LogP contribution in [0.15, 0.2) is 16.8 Å². The standard InChI is InChI=1S/C15H24N2OS/c1-3-5-6-9-17-14(12-8-10-19-11-12)16-13(7-4-2)15(17)18/h8,10-11,13-14,16H,3-7,9H2,1-2H3. The maximum absolute atomic E-state index is 12.5. The van der Waals surface area contributed by atoms with Crippen LogP contribution < -0.4 is 5.32 Å². The molecule has 1 aliphatic rings. The molecule has 1 N–H and O–H groups in total. The zero-order valence-electron chi connectivity index (χ0n) is 11.9. The second-order valence-electron chi connectivity index (χ2n) is 5.21. The van der Waals surface area contributed by atoms with Gasteiger partial charge in [0.05, 0.1) is 6.04 Å². The van der Waals surface area contributed by atoms with Gasteiger partial charge >= 0.3 is 0 Å². The predicted molar refractivity (Wildman–Crippen MR) is 80.1 cm³/mol. The molecule has 0 saturated carbocycles. The molecule has 1 aromatic rings. The van der Waals surface area contributed by atoms with Gasteiger partial charge in [0, 0.05) is 6.54 Å². The summed E-state index contributed by atoms with van der Waals surface area (Å²) in [6, 6.07) is 2.13. The van der Waals surface area contributed by atoms with E-state index in [-0.39, 0.29) is 18.1 Å². The monoisotopic (exact) mass is 280 g/mol. The lowest BCUT2D eigenvalue weighted by Gasteiger charge is -2.23. The first kappa shape index (κ1) is 14.5. The Morgan fingerprint density at radius 2 is 2.16 bits per heavy atom. The van der Waals surface area contributed by atoms with Gasteiger partial charge in [-0.15, -0.1) is 0 Å². The lowest BCUT2D eigenvalue weighted by Crippen LogP contribution is -2.31. The predicted octanol–water partition coefficient (Wildman–Crippen LogP) is 3.54. The Morgan fingerprint density at radius 3 is 2.79 bits per heavy atom. The molecule has 1 amide bonds. The Morgan fingerprint density at radius 1 is 1.32 bits per heavy atom. The van der Waals surface area contributed by atoms with Gasteiger partial charge in [-0.05, 0) is 35.2 Å². The topological polar surface area (TPSA) is 32.3 Å². The van der Waals surface area contributed by atoms with Gasteiger partial charge in [-0.3, -0.25) is 10.1 Å². The molecule has 1 saturated heterocycles. The Balaban J connectivity index is 2.07. The normalized spacial score (nSPS) is 23.3. The summed E-state index contributed by atoms with van der Waals surface area (Å²) in [4.78, 5) is 14.5. The van der Waals surface area contributed by atoms with Crippen LogP contribution in [0.3, 0.4) is 0 Å². The van der Waals surface area contributed by atoms with Gasteiger partial charge in [0.25, 0.3) is 0 Å². The molecule has 2 heterocycles. The number of thiophene rings is 1. The first-order valence-corrected chi connectivity index (χ1v) is 8.30. The Labute approximate surface area is 120 Å². The summed E-state index contributed by atoms with van der Waals surface area (Å²) in [7, 11) is 0. The molecule has 19 heavy (non-hydrogen) atoms. The number of nitrogens with zero attached hydrogens (tertiary/aromatic N) is 1. The Kier molecular flexibility index (Phi) is 5.40. The first-order valence-electron chi connectivity index (χ1n) is 7.36. The van der Waals surface area contributed by atoms with Crippen LogP contribution >= 0.6 is 11.3 Å². The highest BCUT2D eigenvalue weighted by atomic mass is 32.1. The van der Waals surface area contributed by atoms with Crippen molar-refractivity contribution in [2.45, 2.75) is 58.2 Å². The highest BCUT2D eigenvalue weighted by molar-refractivity contribution is 7.07. The van der Waals surface area contributed by atoms with Crippen LogP contribution in [0.4, 0.5) is 0 Å². The molecule has 0 bridgehead atoms. The molecule has 1 aliphatic heterocycles. The second kappa shape index (κ2) is 7.06. The third kappa shape index (κ3) is 3.37. The van der Waals surface area contributed by atoms with E-state index in [1.807, 2.05) is 4.90 Å². The van der Waals surface area contributed by atoms with Crippen LogP contribution in [0.5, 0.6) is 0 Å². The fourth-order valence-corrected chi connectivity index (χ4v) is 3.33. The molecular weight excluding hydrogens is 256 g/mol. The van der Waals surface area contributed by atoms with Crippen molar-refractivity contribution >= 4 is 17.2 Å². The molecule has 4 heteroatoms. The van der Waals surface area contributed by atoms with E-state index in [1.165, 1.54) is 18.4 Å². The maximum Gasteiger partial charge on any atom is 0.241 e. The average Bonchev–Trinajstić information content (AvgIpc) is 3.02. The van der Waals surface area contributed by atoms with E-state index in [0.29, 0.717) is 0 Å². The molecule has 2 atom stereocenters. The molecule has 3 nitrogen and oxygen atoms in total. The summed E-state index contributed by atoms with van der Waals surface area (Å²) in [5.74, 6) is 0.286. The number of rotatable bonds is 7. The van der Waals surface area contributed by atoms with Crippen LogP contribution in [-0.2, 0) is 4.79 Å². The molecule has 2 unspecified atom stereocenters. The summed E-state index contributed by atoms with van der Waals surface area (Å²) >= 11 is 1.69. The largest absolute Gasteiger partial charge is 0.322 e. The first-order chi connectivity index (χ1) is 9.27. The number of unbranched alkanes of at least 4 members (excludes halogenated alkanes) is 2. The minimum absolute atomic E-state index is 0.0107. The summed E-state index contributed by atoms with van der Waals surface area (Å²) in [5, 5.41) is 7.73. The average molecular weight is 280 g/mol. The lowest BCUT2D eigenvalue weighted by atomic mass is 10.1. The molecule has 0 spiro atoms. The van der Waals surface area contributed by atoms with E-state index in [9.17, 15) is 4.79 Å². The van der Waals surface area contributed by atoms with E-state index < -0.39 is 0 Å². The van der Waals surface area contributed by atoms with Crippen LogP contribution in [-0.4, -0.2) is 23.4 Å². The molecule has 0 radical (unpaired) electrons. The SMILES string of the molecule is CCCCCN1C(=O)C(CCC)NC1c1ccsc1. The van der Waals surface area contributed by atoms with Gasteiger partial charge in [-0.2, -0.15) is 11.3 Å². The van der Waals surface area contributed by atoms with E-state index >= 15 is 0 Å². The molecule has 2 rings (SSSR count). The van der Waals surface area contributed by atoms with Gasteiger partial charge in [-0.1, -0.05) is 33.1 Å². The van der Waals surface area contributed by atoms with Gasteiger partial charge in [-0.25, -0.2) is 0 Å². The third-order valence-corrected chi connectivity index (χ3v) is 4.39. The summed E-state index contributed by atoms with van der Waals surface area (Å²) in [6.45, 7) is 5.20. The third-order valence-electron chi connectivity index (χ3n) is 3.69. The number of nitrogens with one attached hydrogen (secondary N) is 1. The number of carbonyl (C=O) groups is 1. The quantitative estimate of drug-likeness (QED) is 0.775. The van der Waals surface area contributed by atoms with E-state index in [2.05, 4.69) is 36.0 Å². The van der Waals surface area contributed by atoms with Crippen molar-refractivity contribution in [2.75, 3.05) is 6.54 Å². The number of hydrogen-bond donors (Lipinski definition) is 1. The molecule has 106 valence electrons. The minimum atomic E-state index is 0.0107. The molecule has 1 fully saturated rings. The van der Waals surface area contributed by atoms with Gasteiger partial charge in [0.15, 0.2) is 0 Å². The highest BCUT2D eigenvalue weighted by Gasteiger charge is 2.38. The number of amides is 1. The van der Waals surface area contributed by atoms with Gasteiger partial charge in [0.2, 0.25) is 5.91 Å². The molecule has 1 aromatic heterocycles. The van der Waals surface area contributed by atoms with Crippen molar-refractivity contribution in [3.05, 3.63) is 22.4 Å². The lowest BCUT2D eigenvalue weighted by molar-refractivity contribution is -0.130. The fraction of sp³-hybridized carbons (Fsp3) is 0.667.